The van der Waals surface area contributed by atoms with Crippen LogP contribution in [0.2, 0.25) is 0 Å². The van der Waals surface area contributed by atoms with Gasteiger partial charge < -0.3 is 4.48 Å². The first-order valence-electron chi connectivity index (χ1n) is 4.58. The Kier molecular flexibility index (Phi) is 1.69. The van der Waals surface area contributed by atoms with Crippen molar-refractivity contribution in [2.24, 2.45) is 0 Å². The van der Waals surface area contributed by atoms with Gasteiger partial charge in [-0.25, -0.2) is 0 Å². The summed E-state index contributed by atoms with van der Waals surface area (Å²) in [4.78, 5) is 0. The lowest BCUT2D eigenvalue weighted by atomic mass is 9.93. The molecule has 1 fully saturated rings. The van der Waals surface area contributed by atoms with Crippen LogP contribution in [0.3, 0.4) is 0 Å². The zero-order valence-electron chi connectivity index (χ0n) is 7.83. The normalized spacial score (nSPS) is 26.3. The molecule has 0 aromatic heterocycles. The summed E-state index contributed by atoms with van der Waals surface area (Å²) in [6, 6.07) is 11.6. The second-order valence-electron chi connectivity index (χ2n) is 4.22. The quantitative estimate of drug-likeness (QED) is 0.555. The first kappa shape index (κ1) is 7.81. The monoisotopic (exact) mass is 162 g/mol. The van der Waals surface area contributed by atoms with Gasteiger partial charge in [-0.15, -0.1) is 0 Å². The highest BCUT2D eigenvalue weighted by molar-refractivity contribution is 5.18. The van der Waals surface area contributed by atoms with E-state index in [9.17, 15) is 0 Å². The van der Waals surface area contributed by atoms with Crippen LogP contribution in [0.4, 0.5) is 0 Å². The van der Waals surface area contributed by atoms with E-state index in [2.05, 4.69) is 44.4 Å². The molecule has 1 aromatic rings. The molecule has 0 N–H and O–H groups in total. The van der Waals surface area contributed by atoms with Crippen LogP contribution >= 0.6 is 0 Å². The van der Waals surface area contributed by atoms with E-state index in [-0.39, 0.29) is 0 Å². The molecule has 2 rings (SSSR count). The third-order valence-corrected chi connectivity index (χ3v) is 3.01. The minimum atomic E-state index is 0.742. The molecule has 1 nitrogen and oxygen atoms in total. The van der Waals surface area contributed by atoms with Crippen LogP contribution in [0.5, 0.6) is 0 Å². The van der Waals surface area contributed by atoms with Crippen molar-refractivity contribution in [2.45, 2.75) is 12.5 Å². The van der Waals surface area contributed by atoms with Gasteiger partial charge in [-0.1, -0.05) is 30.3 Å². The number of nitrogens with zero attached hydrogens (tertiary/aromatic N) is 1. The summed E-state index contributed by atoms with van der Waals surface area (Å²) < 4.78 is 1.16. The van der Waals surface area contributed by atoms with Gasteiger partial charge in [0.25, 0.3) is 0 Å². The molecule has 1 heteroatoms. The Morgan fingerprint density at radius 1 is 1.17 bits per heavy atom. The Balaban J connectivity index is 2.22. The van der Waals surface area contributed by atoms with Gasteiger partial charge in [0.2, 0.25) is 0 Å². The van der Waals surface area contributed by atoms with E-state index < -0.39 is 0 Å². The van der Waals surface area contributed by atoms with E-state index >= 15 is 0 Å². The van der Waals surface area contributed by atoms with E-state index in [1.807, 2.05) is 0 Å². The Labute approximate surface area is 74.2 Å². The first-order chi connectivity index (χ1) is 5.70. The minimum absolute atomic E-state index is 0.742. The molecule has 0 spiro atoms. The van der Waals surface area contributed by atoms with Gasteiger partial charge in [0, 0.05) is 5.56 Å². The largest absolute Gasteiger partial charge is 0.322 e. The van der Waals surface area contributed by atoms with Gasteiger partial charge >= 0.3 is 0 Å². The first-order valence-corrected chi connectivity index (χ1v) is 4.58. The summed E-state index contributed by atoms with van der Waals surface area (Å²) in [5.41, 5.74) is 1.49. The zero-order chi connectivity index (χ0) is 8.60. The van der Waals surface area contributed by atoms with Gasteiger partial charge in [0.15, 0.2) is 0 Å². The molecule has 12 heavy (non-hydrogen) atoms. The molecule has 0 unspecified atom stereocenters. The predicted octanol–water partition coefficient (Wildman–Crippen LogP) is 2.21. The molecule has 0 saturated carbocycles. The molecule has 1 heterocycles. The van der Waals surface area contributed by atoms with Crippen molar-refractivity contribution in [3.8, 4) is 0 Å². The molecule has 0 amide bonds. The molecule has 1 aliphatic rings. The molecule has 0 radical (unpaired) electrons. The second-order valence-corrected chi connectivity index (χ2v) is 4.22. The Morgan fingerprint density at radius 3 is 2.25 bits per heavy atom. The Bertz CT molecular complexity index is 264. The van der Waals surface area contributed by atoms with Crippen LogP contribution < -0.4 is 0 Å². The lowest BCUT2D eigenvalue weighted by molar-refractivity contribution is -0.962. The van der Waals surface area contributed by atoms with Crippen molar-refractivity contribution in [3.63, 3.8) is 0 Å². The van der Waals surface area contributed by atoms with Crippen molar-refractivity contribution in [1.82, 2.24) is 0 Å². The van der Waals surface area contributed by atoms with Gasteiger partial charge in [0.1, 0.15) is 6.04 Å². The second kappa shape index (κ2) is 2.60. The summed E-state index contributed by atoms with van der Waals surface area (Å²) in [7, 11) is 4.61. The number of likely N-dealkylation sites (tertiary alicyclic amines) is 1. The number of hydrogen-bond donors (Lipinski definition) is 0. The summed E-state index contributed by atoms with van der Waals surface area (Å²) in [5, 5.41) is 0. The molecule has 1 saturated heterocycles. The molecule has 1 atom stereocenters. The number of benzene rings is 1. The molecular formula is C11H16N+. The van der Waals surface area contributed by atoms with Crippen molar-refractivity contribution in [1.29, 1.82) is 0 Å². The number of hydrogen-bond acceptors (Lipinski definition) is 0. The maximum absolute atomic E-state index is 2.31. The SMILES string of the molecule is C[N+]1(C)CC[C@@H]1c1ccccc1. The van der Waals surface area contributed by atoms with Crippen LogP contribution in [0.25, 0.3) is 0 Å². The van der Waals surface area contributed by atoms with Gasteiger partial charge in [-0.3, -0.25) is 0 Å². The van der Waals surface area contributed by atoms with Crippen LogP contribution in [0, 0.1) is 0 Å². The smallest absolute Gasteiger partial charge is 0.120 e. The minimum Gasteiger partial charge on any atom is -0.322 e. The summed E-state index contributed by atoms with van der Waals surface area (Å²) in [5.74, 6) is 0. The molecule has 1 aromatic carbocycles. The standard InChI is InChI=1S/C11H16N/c1-12(2)9-8-11(12)10-6-4-3-5-7-10/h3-7,11H,8-9H2,1-2H3/q+1/t11-/m1/s1. The topological polar surface area (TPSA) is 0 Å². The van der Waals surface area contributed by atoms with Crippen molar-refractivity contribution in [2.75, 3.05) is 20.6 Å². The molecule has 64 valence electrons. The summed E-state index contributed by atoms with van der Waals surface area (Å²) in [6.45, 7) is 1.32. The fourth-order valence-corrected chi connectivity index (χ4v) is 2.02. The lowest BCUT2D eigenvalue weighted by Gasteiger charge is -2.47. The zero-order valence-corrected chi connectivity index (χ0v) is 7.83. The van der Waals surface area contributed by atoms with Crippen molar-refractivity contribution in [3.05, 3.63) is 35.9 Å². The molecular weight excluding hydrogens is 146 g/mol. The average Bonchev–Trinajstić information content (AvgIpc) is 2.05. The lowest BCUT2D eigenvalue weighted by Crippen LogP contribution is -2.53. The van der Waals surface area contributed by atoms with Gasteiger partial charge in [0.05, 0.1) is 27.1 Å². The fraction of sp³-hybridized carbons (Fsp3) is 0.455. The van der Waals surface area contributed by atoms with Crippen LogP contribution in [-0.2, 0) is 0 Å². The predicted molar refractivity (Wildman–Crippen MR) is 50.8 cm³/mol. The Morgan fingerprint density at radius 2 is 1.83 bits per heavy atom. The Hall–Kier alpha value is -0.820. The third kappa shape index (κ3) is 1.14. The number of rotatable bonds is 1. The highest BCUT2D eigenvalue weighted by atomic mass is 15.4. The van der Waals surface area contributed by atoms with Crippen LogP contribution in [0.15, 0.2) is 30.3 Å². The summed E-state index contributed by atoms with van der Waals surface area (Å²) in [6.07, 6.45) is 1.34. The highest BCUT2D eigenvalue weighted by Gasteiger charge is 2.39. The average molecular weight is 162 g/mol. The maximum Gasteiger partial charge on any atom is 0.120 e. The van der Waals surface area contributed by atoms with E-state index in [1.54, 1.807) is 0 Å². The van der Waals surface area contributed by atoms with E-state index in [0.717, 1.165) is 10.5 Å². The van der Waals surface area contributed by atoms with Crippen molar-refractivity contribution >= 4 is 0 Å². The van der Waals surface area contributed by atoms with Crippen molar-refractivity contribution < 1.29 is 4.48 Å². The third-order valence-electron chi connectivity index (χ3n) is 3.01. The number of quaternary nitrogens is 1. The fourth-order valence-electron chi connectivity index (χ4n) is 2.02. The van der Waals surface area contributed by atoms with E-state index in [4.69, 9.17) is 0 Å². The highest BCUT2D eigenvalue weighted by Crippen LogP contribution is 2.37. The molecule has 1 aliphatic heterocycles. The van der Waals surface area contributed by atoms with Crippen LogP contribution in [0.1, 0.15) is 18.0 Å². The van der Waals surface area contributed by atoms with E-state index in [0.29, 0.717) is 0 Å². The van der Waals surface area contributed by atoms with E-state index in [1.165, 1.54) is 18.5 Å². The van der Waals surface area contributed by atoms with Crippen LogP contribution in [-0.4, -0.2) is 25.1 Å². The molecule has 0 bridgehead atoms. The van der Waals surface area contributed by atoms with Gasteiger partial charge in [-0.2, -0.15) is 0 Å². The van der Waals surface area contributed by atoms with Gasteiger partial charge in [-0.05, 0) is 0 Å². The molecule has 0 aliphatic carbocycles. The summed E-state index contributed by atoms with van der Waals surface area (Å²) >= 11 is 0. The maximum atomic E-state index is 2.31.